The predicted molar refractivity (Wildman–Crippen MR) is 99.1 cm³/mol. The van der Waals surface area contributed by atoms with Gasteiger partial charge in [-0.2, -0.15) is 0 Å². The summed E-state index contributed by atoms with van der Waals surface area (Å²) in [6.07, 6.45) is 5.42. The standard InChI is InChI=1S/C18H38N4O/c1-15(2)16(22-11-9-7-8-10-12-22)13-20-17(19-5)21-14-18(3,4)23-6/h15-16H,7-14H2,1-6H3,(H2,19,20,21). The first-order valence-electron chi connectivity index (χ1n) is 9.13. The molecule has 0 radical (unpaired) electrons. The van der Waals surface area contributed by atoms with Crippen molar-refractivity contribution in [3.8, 4) is 0 Å². The van der Waals surface area contributed by atoms with Crippen LogP contribution < -0.4 is 10.6 Å². The minimum atomic E-state index is -0.195. The van der Waals surface area contributed by atoms with Crippen LogP contribution in [0.4, 0.5) is 0 Å². The van der Waals surface area contributed by atoms with Crippen molar-refractivity contribution in [1.82, 2.24) is 15.5 Å². The molecule has 0 spiro atoms. The van der Waals surface area contributed by atoms with Crippen LogP contribution in [0.1, 0.15) is 53.4 Å². The SMILES string of the molecule is CN=C(NCC(C(C)C)N1CCCCCC1)NCC(C)(C)OC. The summed E-state index contributed by atoms with van der Waals surface area (Å²) in [5.41, 5.74) is -0.195. The van der Waals surface area contributed by atoms with Gasteiger partial charge in [-0.25, -0.2) is 0 Å². The van der Waals surface area contributed by atoms with Crippen molar-refractivity contribution in [1.29, 1.82) is 0 Å². The summed E-state index contributed by atoms with van der Waals surface area (Å²) in [7, 11) is 3.57. The Morgan fingerprint density at radius 3 is 2.22 bits per heavy atom. The summed E-state index contributed by atoms with van der Waals surface area (Å²) in [5.74, 6) is 1.49. The van der Waals surface area contributed by atoms with Crippen molar-refractivity contribution in [2.75, 3.05) is 40.3 Å². The van der Waals surface area contributed by atoms with E-state index in [2.05, 4.69) is 48.2 Å². The average molecular weight is 327 g/mol. The van der Waals surface area contributed by atoms with E-state index < -0.39 is 0 Å². The predicted octanol–water partition coefficient (Wildman–Crippen LogP) is 2.48. The summed E-state index contributed by atoms with van der Waals surface area (Å²) in [6.45, 7) is 12.9. The molecule has 0 aromatic rings. The highest BCUT2D eigenvalue weighted by Gasteiger charge is 2.23. The Kier molecular flexibility index (Phi) is 8.92. The molecule has 0 aromatic heterocycles. The number of nitrogens with zero attached hydrogens (tertiary/aromatic N) is 2. The Morgan fingerprint density at radius 1 is 1.13 bits per heavy atom. The zero-order valence-corrected chi connectivity index (χ0v) is 16.1. The van der Waals surface area contributed by atoms with Gasteiger partial charge in [0.2, 0.25) is 0 Å². The lowest BCUT2D eigenvalue weighted by Crippen LogP contribution is -2.51. The smallest absolute Gasteiger partial charge is 0.191 e. The number of ether oxygens (including phenoxy) is 1. The van der Waals surface area contributed by atoms with Crippen molar-refractivity contribution in [3.63, 3.8) is 0 Å². The number of nitrogens with one attached hydrogen (secondary N) is 2. The van der Waals surface area contributed by atoms with Crippen LogP contribution in [0.3, 0.4) is 0 Å². The third-order valence-corrected chi connectivity index (χ3v) is 4.82. The van der Waals surface area contributed by atoms with Crippen LogP contribution in [0.2, 0.25) is 0 Å². The monoisotopic (exact) mass is 326 g/mol. The second-order valence-electron chi connectivity index (χ2n) is 7.53. The fourth-order valence-electron chi connectivity index (χ4n) is 3.00. The molecular formula is C18H38N4O. The van der Waals surface area contributed by atoms with Crippen molar-refractivity contribution < 1.29 is 4.74 Å². The lowest BCUT2D eigenvalue weighted by molar-refractivity contribution is 0.0268. The zero-order valence-electron chi connectivity index (χ0n) is 16.1. The molecular weight excluding hydrogens is 288 g/mol. The number of aliphatic imine (C=N–C) groups is 1. The van der Waals surface area contributed by atoms with Crippen LogP contribution in [-0.4, -0.2) is 62.8 Å². The first kappa shape index (κ1) is 20.2. The van der Waals surface area contributed by atoms with Crippen LogP contribution in [0, 0.1) is 5.92 Å². The normalized spacial score (nSPS) is 19.5. The Balaban J connectivity index is 2.52. The lowest BCUT2D eigenvalue weighted by atomic mass is 10.0. The number of guanidine groups is 1. The minimum Gasteiger partial charge on any atom is -0.377 e. The summed E-state index contributed by atoms with van der Waals surface area (Å²) in [5, 5.41) is 6.87. The van der Waals surface area contributed by atoms with Gasteiger partial charge in [0.05, 0.1) is 5.60 Å². The molecule has 2 N–H and O–H groups in total. The number of hydrogen-bond donors (Lipinski definition) is 2. The molecule has 0 saturated carbocycles. The molecule has 1 aliphatic heterocycles. The number of likely N-dealkylation sites (tertiary alicyclic amines) is 1. The van der Waals surface area contributed by atoms with Gasteiger partial charge in [0.25, 0.3) is 0 Å². The number of rotatable bonds is 7. The van der Waals surface area contributed by atoms with E-state index in [-0.39, 0.29) is 5.60 Å². The third-order valence-electron chi connectivity index (χ3n) is 4.82. The molecule has 5 heteroatoms. The van der Waals surface area contributed by atoms with Crippen LogP contribution in [-0.2, 0) is 4.74 Å². The van der Waals surface area contributed by atoms with E-state index in [0.29, 0.717) is 12.0 Å². The van der Waals surface area contributed by atoms with Gasteiger partial charge in [-0.3, -0.25) is 9.89 Å². The van der Waals surface area contributed by atoms with E-state index >= 15 is 0 Å². The second-order valence-corrected chi connectivity index (χ2v) is 7.53. The molecule has 0 amide bonds. The molecule has 0 bridgehead atoms. The molecule has 136 valence electrons. The van der Waals surface area contributed by atoms with Gasteiger partial charge in [0.1, 0.15) is 0 Å². The summed E-state index contributed by atoms with van der Waals surface area (Å²) in [6, 6.07) is 0.557. The molecule has 0 aliphatic carbocycles. The van der Waals surface area contributed by atoms with E-state index in [1.54, 1.807) is 7.11 Å². The summed E-state index contributed by atoms with van der Waals surface area (Å²) >= 11 is 0. The maximum Gasteiger partial charge on any atom is 0.191 e. The Labute approximate surface area is 143 Å². The molecule has 23 heavy (non-hydrogen) atoms. The van der Waals surface area contributed by atoms with Crippen LogP contribution in [0.25, 0.3) is 0 Å². The van der Waals surface area contributed by atoms with Crippen molar-refractivity contribution >= 4 is 5.96 Å². The van der Waals surface area contributed by atoms with Gasteiger partial charge in [-0.15, -0.1) is 0 Å². The molecule has 1 unspecified atom stereocenters. The van der Waals surface area contributed by atoms with Gasteiger partial charge >= 0.3 is 0 Å². The van der Waals surface area contributed by atoms with Gasteiger partial charge in [0, 0.05) is 33.3 Å². The molecule has 1 atom stereocenters. The Bertz CT molecular complexity index is 347. The number of methoxy groups -OCH3 is 1. The molecule has 0 aromatic carbocycles. The first-order chi connectivity index (χ1) is 10.9. The third kappa shape index (κ3) is 7.53. The average Bonchev–Trinajstić information content (AvgIpc) is 2.79. The highest BCUT2D eigenvalue weighted by atomic mass is 16.5. The maximum atomic E-state index is 5.45. The largest absolute Gasteiger partial charge is 0.377 e. The van der Waals surface area contributed by atoms with E-state index in [1.165, 1.54) is 38.8 Å². The van der Waals surface area contributed by atoms with Gasteiger partial charge in [0.15, 0.2) is 5.96 Å². The number of hydrogen-bond acceptors (Lipinski definition) is 3. The maximum absolute atomic E-state index is 5.45. The Hall–Kier alpha value is -0.810. The quantitative estimate of drug-likeness (QED) is 0.557. The van der Waals surface area contributed by atoms with Crippen LogP contribution in [0.15, 0.2) is 4.99 Å². The minimum absolute atomic E-state index is 0.195. The molecule has 1 aliphatic rings. The fraction of sp³-hybridized carbons (Fsp3) is 0.944. The van der Waals surface area contributed by atoms with Gasteiger partial charge < -0.3 is 15.4 Å². The van der Waals surface area contributed by atoms with E-state index in [1.807, 2.05) is 7.05 Å². The van der Waals surface area contributed by atoms with E-state index in [9.17, 15) is 0 Å². The summed E-state index contributed by atoms with van der Waals surface area (Å²) in [4.78, 5) is 7.00. The molecule has 1 rings (SSSR count). The summed E-state index contributed by atoms with van der Waals surface area (Å²) < 4.78 is 5.45. The second kappa shape index (κ2) is 10.1. The van der Waals surface area contributed by atoms with Crippen LogP contribution in [0.5, 0.6) is 0 Å². The highest BCUT2D eigenvalue weighted by molar-refractivity contribution is 5.79. The highest BCUT2D eigenvalue weighted by Crippen LogP contribution is 2.17. The van der Waals surface area contributed by atoms with Gasteiger partial charge in [-0.05, 0) is 45.7 Å². The van der Waals surface area contributed by atoms with Gasteiger partial charge in [-0.1, -0.05) is 26.7 Å². The van der Waals surface area contributed by atoms with Crippen molar-refractivity contribution in [2.45, 2.75) is 65.0 Å². The topological polar surface area (TPSA) is 48.9 Å². The van der Waals surface area contributed by atoms with Crippen molar-refractivity contribution in [2.24, 2.45) is 10.9 Å². The Morgan fingerprint density at radius 2 is 1.74 bits per heavy atom. The molecule has 1 saturated heterocycles. The lowest BCUT2D eigenvalue weighted by Gasteiger charge is -2.34. The molecule has 1 heterocycles. The molecule has 5 nitrogen and oxygen atoms in total. The van der Waals surface area contributed by atoms with Crippen LogP contribution >= 0.6 is 0 Å². The van der Waals surface area contributed by atoms with E-state index in [4.69, 9.17) is 4.74 Å². The van der Waals surface area contributed by atoms with E-state index in [0.717, 1.165) is 19.0 Å². The first-order valence-corrected chi connectivity index (χ1v) is 9.13. The molecule has 1 fully saturated rings. The van der Waals surface area contributed by atoms with Crippen molar-refractivity contribution in [3.05, 3.63) is 0 Å². The fourth-order valence-corrected chi connectivity index (χ4v) is 3.00. The zero-order chi connectivity index (χ0) is 17.3.